The summed E-state index contributed by atoms with van der Waals surface area (Å²) in [6.45, 7) is 5.03. The van der Waals surface area contributed by atoms with Gasteiger partial charge in [0, 0.05) is 0 Å². The predicted molar refractivity (Wildman–Crippen MR) is 79.1 cm³/mol. The van der Waals surface area contributed by atoms with E-state index in [1.807, 2.05) is 14.0 Å². The SMILES string of the molecule is CNCC1CCCCCC1c1c(C)cc(C)cc1F. The first-order valence-electron chi connectivity index (χ1n) is 7.54. The highest BCUT2D eigenvalue weighted by molar-refractivity contribution is 5.35. The summed E-state index contributed by atoms with van der Waals surface area (Å²) in [7, 11) is 2.00. The lowest BCUT2D eigenvalue weighted by molar-refractivity contribution is 0.375. The summed E-state index contributed by atoms with van der Waals surface area (Å²) in [5.74, 6) is 0.962. The van der Waals surface area contributed by atoms with Gasteiger partial charge in [0.1, 0.15) is 5.82 Å². The van der Waals surface area contributed by atoms with Crippen molar-refractivity contribution >= 4 is 0 Å². The van der Waals surface area contributed by atoms with E-state index in [9.17, 15) is 4.39 Å². The quantitative estimate of drug-likeness (QED) is 0.801. The van der Waals surface area contributed by atoms with Gasteiger partial charge in [-0.15, -0.1) is 0 Å². The predicted octanol–water partition coefficient (Wildman–Crippen LogP) is 4.33. The summed E-state index contributed by atoms with van der Waals surface area (Å²) in [5, 5.41) is 3.29. The molecule has 2 rings (SSSR count). The standard InChI is InChI=1S/C17H26FN/c1-12-9-13(2)17(16(18)10-12)15-8-6-4-5-7-14(15)11-19-3/h9-10,14-15,19H,4-8,11H2,1-3H3. The maximum Gasteiger partial charge on any atom is 0.127 e. The second-order valence-corrected chi connectivity index (χ2v) is 6.04. The topological polar surface area (TPSA) is 12.0 Å². The first-order chi connectivity index (χ1) is 9.13. The average molecular weight is 263 g/mol. The normalized spacial score (nSPS) is 24.2. The van der Waals surface area contributed by atoms with E-state index in [-0.39, 0.29) is 5.82 Å². The molecule has 1 nitrogen and oxygen atoms in total. The molecule has 1 aliphatic rings. The number of nitrogens with one attached hydrogen (secondary N) is 1. The molecule has 1 aliphatic carbocycles. The van der Waals surface area contributed by atoms with Gasteiger partial charge in [-0.2, -0.15) is 0 Å². The smallest absolute Gasteiger partial charge is 0.127 e. The van der Waals surface area contributed by atoms with Crippen molar-refractivity contribution in [2.45, 2.75) is 51.9 Å². The summed E-state index contributed by atoms with van der Waals surface area (Å²) < 4.78 is 14.4. The van der Waals surface area contributed by atoms with Gasteiger partial charge in [-0.05, 0) is 74.9 Å². The maximum absolute atomic E-state index is 14.4. The van der Waals surface area contributed by atoms with E-state index >= 15 is 0 Å². The zero-order valence-electron chi connectivity index (χ0n) is 12.4. The molecule has 0 spiro atoms. The fraction of sp³-hybridized carbons (Fsp3) is 0.647. The molecule has 2 atom stereocenters. The molecule has 0 aliphatic heterocycles. The first-order valence-corrected chi connectivity index (χ1v) is 7.54. The summed E-state index contributed by atoms with van der Waals surface area (Å²) in [6, 6.07) is 3.82. The van der Waals surface area contributed by atoms with E-state index in [4.69, 9.17) is 0 Å². The molecule has 1 saturated carbocycles. The van der Waals surface area contributed by atoms with Crippen LogP contribution < -0.4 is 5.32 Å². The molecule has 0 radical (unpaired) electrons. The molecule has 1 fully saturated rings. The Labute approximate surface area is 116 Å². The fourth-order valence-electron chi connectivity index (χ4n) is 3.67. The summed E-state index contributed by atoms with van der Waals surface area (Å²) >= 11 is 0. The highest BCUT2D eigenvalue weighted by Gasteiger charge is 2.28. The Hall–Kier alpha value is -0.890. The van der Waals surface area contributed by atoms with Crippen LogP contribution in [0.4, 0.5) is 4.39 Å². The van der Waals surface area contributed by atoms with Gasteiger partial charge < -0.3 is 5.32 Å². The van der Waals surface area contributed by atoms with Crippen molar-refractivity contribution in [2.24, 2.45) is 5.92 Å². The van der Waals surface area contributed by atoms with Crippen LogP contribution in [0.5, 0.6) is 0 Å². The molecule has 1 aromatic rings. The van der Waals surface area contributed by atoms with E-state index in [0.717, 1.165) is 29.7 Å². The van der Waals surface area contributed by atoms with Crippen molar-refractivity contribution in [1.82, 2.24) is 5.32 Å². The van der Waals surface area contributed by atoms with Crippen LogP contribution in [0.3, 0.4) is 0 Å². The summed E-state index contributed by atoms with van der Waals surface area (Å²) in [4.78, 5) is 0. The van der Waals surface area contributed by atoms with Crippen LogP contribution in [-0.2, 0) is 0 Å². The number of benzene rings is 1. The number of aryl methyl sites for hydroxylation is 2. The van der Waals surface area contributed by atoms with Gasteiger partial charge in [0.05, 0.1) is 0 Å². The highest BCUT2D eigenvalue weighted by atomic mass is 19.1. The molecule has 19 heavy (non-hydrogen) atoms. The van der Waals surface area contributed by atoms with Crippen molar-refractivity contribution in [1.29, 1.82) is 0 Å². The fourth-order valence-corrected chi connectivity index (χ4v) is 3.67. The molecular formula is C17H26FN. The van der Waals surface area contributed by atoms with E-state index in [2.05, 4.69) is 18.3 Å². The minimum atomic E-state index is 0.00510. The van der Waals surface area contributed by atoms with Crippen molar-refractivity contribution < 1.29 is 4.39 Å². The van der Waals surface area contributed by atoms with Gasteiger partial charge in [-0.1, -0.05) is 25.3 Å². The third-order valence-electron chi connectivity index (χ3n) is 4.48. The van der Waals surface area contributed by atoms with E-state index < -0.39 is 0 Å². The van der Waals surface area contributed by atoms with Gasteiger partial charge in [0.25, 0.3) is 0 Å². The minimum absolute atomic E-state index is 0.00510. The second-order valence-electron chi connectivity index (χ2n) is 6.04. The Morgan fingerprint density at radius 2 is 1.89 bits per heavy atom. The Morgan fingerprint density at radius 3 is 2.58 bits per heavy atom. The molecule has 0 saturated heterocycles. The van der Waals surface area contributed by atoms with Gasteiger partial charge in [0.15, 0.2) is 0 Å². The zero-order valence-corrected chi connectivity index (χ0v) is 12.4. The van der Waals surface area contributed by atoms with Crippen LogP contribution in [0.1, 0.15) is 54.7 Å². The van der Waals surface area contributed by atoms with Crippen LogP contribution in [0.15, 0.2) is 12.1 Å². The number of halogens is 1. The van der Waals surface area contributed by atoms with Crippen LogP contribution in [0, 0.1) is 25.6 Å². The Bertz CT molecular complexity index is 404. The lowest BCUT2D eigenvalue weighted by Gasteiger charge is -2.27. The van der Waals surface area contributed by atoms with Crippen molar-refractivity contribution in [3.63, 3.8) is 0 Å². The summed E-state index contributed by atoms with van der Waals surface area (Å²) in [6.07, 6.45) is 6.17. The number of rotatable bonds is 3. The van der Waals surface area contributed by atoms with Gasteiger partial charge in [-0.3, -0.25) is 0 Å². The second kappa shape index (κ2) is 6.51. The lowest BCUT2D eigenvalue weighted by Crippen LogP contribution is -2.25. The molecule has 0 heterocycles. The summed E-state index contributed by atoms with van der Waals surface area (Å²) in [5.41, 5.74) is 3.13. The third-order valence-corrected chi connectivity index (χ3v) is 4.48. The number of hydrogen-bond donors (Lipinski definition) is 1. The van der Waals surface area contributed by atoms with Crippen LogP contribution in [0.2, 0.25) is 0 Å². The molecular weight excluding hydrogens is 237 g/mol. The monoisotopic (exact) mass is 263 g/mol. The largest absolute Gasteiger partial charge is 0.319 e. The van der Waals surface area contributed by atoms with Gasteiger partial charge in [0.2, 0.25) is 0 Å². The molecule has 1 aromatic carbocycles. The Morgan fingerprint density at radius 1 is 1.16 bits per heavy atom. The van der Waals surface area contributed by atoms with Gasteiger partial charge >= 0.3 is 0 Å². The molecule has 106 valence electrons. The third kappa shape index (κ3) is 3.36. The van der Waals surface area contributed by atoms with Crippen molar-refractivity contribution in [3.05, 3.63) is 34.6 Å². The molecule has 2 heteroatoms. The molecule has 2 unspecified atom stereocenters. The molecule has 1 N–H and O–H groups in total. The first kappa shape index (κ1) is 14.5. The van der Waals surface area contributed by atoms with E-state index in [0.29, 0.717) is 11.8 Å². The highest BCUT2D eigenvalue weighted by Crippen LogP contribution is 2.39. The van der Waals surface area contributed by atoms with E-state index in [1.165, 1.54) is 25.7 Å². The Kier molecular flexibility index (Phi) is 4.98. The molecule has 0 aromatic heterocycles. The molecule has 0 bridgehead atoms. The van der Waals surface area contributed by atoms with Crippen molar-refractivity contribution in [2.75, 3.05) is 13.6 Å². The van der Waals surface area contributed by atoms with Crippen LogP contribution in [-0.4, -0.2) is 13.6 Å². The van der Waals surface area contributed by atoms with Crippen LogP contribution in [0.25, 0.3) is 0 Å². The van der Waals surface area contributed by atoms with Gasteiger partial charge in [-0.25, -0.2) is 4.39 Å². The average Bonchev–Trinajstić information content (AvgIpc) is 2.55. The lowest BCUT2D eigenvalue weighted by atomic mass is 9.80. The minimum Gasteiger partial charge on any atom is -0.319 e. The molecule has 0 amide bonds. The maximum atomic E-state index is 14.4. The van der Waals surface area contributed by atoms with Crippen LogP contribution >= 0.6 is 0 Å². The van der Waals surface area contributed by atoms with Crippen molar-refractivity contribution in [3.8, 4) is 0 Å². The van der Waals surface area contributed by atoms with E-state index in [1.54, 1.807) is 6.07 Å². The Balaban J connectivity index is 2.35. The zero-order chi connectivity index (χ0) is 13.8. The number of hydrogen-bond acceptors (Lipinski definition) is 1.